The molecule has 0 saturated heterocycles. The van der Waals surface area contributed by atoms with E-state index in [1.807, 2.05) is 25.1 Å². The zero-order chi connectivity index (χ0) is 12.1. The minimum atomic E-state index is -0.851. The van der Waals surface area contributed by atoms with Gasteiger partial charge in [0.15, 0.2) is 5.92 Å². The van der Waals surface area contributed by atoms with Crippen LogP contribution in [0.2, 0.25) is 0 Å². The summed E-state index contributed by atoms with van der Waals surface area (Å²) in [5.74, 6) is -1.35. The predicted molar refractivity (Wildman–Crippen MR) is 63.9 cm³/mol. The fourth-order valence-corrected chi connectivity index (χ4v) is 2.05. The predicted octanol–water partition coefficient (Wildman–Crippen LogP) is 2.93. The van der Waals surface area contributed by atoms with Crippen LogP contribution in [0, 0.1) is 18.3 Å². The Morgan fingerprint density at radius 3 is 2.75 bits per heavy atom. The molecular weight excluding hydrogens is 270 g/mol. The summed E-state index contributed by atoms with van der Waals surface area (Å²) < 4.78 is 5.71. The summed E-state index contributed by atoms with van der Waals surface area (Å²) in [6.45, 7) is 3.91. The molecule has 0 N–H and O–H groups in total. The Kier molecular flexibility index (Phi) is 4.51. The molecule has 0 spiro atoms. The normalized spacial score (nSPS) is 11.6. The number of rotatable bonds is 3. The molecule has 1 atom stereocenters. The number of carbonyl (C=O) groups is 1. The Balaban J connectivity index is 3.05. The highest BCUT2D eigenvalue weighted by molar-refractivity contribution is 9.10. The van der Waals surface area contributed by atoms with Gasteiger partial charge >= 0.3 is 5.97 Å². The summed E-state index contributed by atoms with van der Waals surface area (Å²) in [6, 6.07) is 7.46. The average Bonchev–Trinajstić information content (AvgIpc) is 2.17. The first-order valence-corrected chi connectivity index (χ1v) is 5.71. The van der Waals surface area contributed by atoms with Crippen LogP contribution in [0.1, 0.15) is 24.0 Å². The molecule has 16 heavy (non-hydrogen) atoms. The zero-order valence-corrected chi connectivity index (χ0v) is 10.7. The maximum atomic E-state index is 11.5. The van der Waals surface area contributed by atoms with Crippen molar-refractivity contribution in [1.82, 2.24) is 0 Å². The smallest absolute Gasteiger partial charge is 0.327 e. The third kappa shape index (κ3) is 3.07. The molecule has 0 aliphatic carbocycles. The van der Waals surface area contributed by atoms with Gasteiger partial charge in [-0.15, -0.1) is 0 Å². The highest BCUT2D eigenvalue weighted by Crippen LogP contribution is 2.23. The molecule has 1 aromatic carbocycles. The molecule has 0 fully saturated rings. The van der Waals surface area contributed by atoms with Gasteiger partial charge in [-0.05, 0) is 37.1 Å². The molecule has 0 aliphatic heterocycles. The van der Waals surface area contributed by atoms with Gasteiger partial charge in [0.2, 0.25) is 0 Å². The second-order valence-corrected chi connectivity index (χ2v) is 4.29. The fourth-order valence-electron chi connectivity index (χ4n) is 1.42. The first-order valence-electron chi connectivity index (χ1n) is 4.91. The lowest BCUT2D eigenvalue weighted by atomic mass is 9.99. The van der Waals surface area contributed by atoms with Crippen molar-refractivity contribution in [1.29, 1.82) is 5.26 Å². The van der Waals surface area contributed by atoms with E-state index in [4.69, 9.17) is 10.00 Å². The van der Waals surface area contributed by atoms with Crippen LogP contribution in [0.3, 0.4) is 0 Å². The van der Waals surface area contributed by atoms with Crippen LogP contribution in [0.15, 0.2) is 22.7 Å². The Labute approximate surface area is 103 Å². The van der Waals surface area contributed by atoms with Gasteiger partial charge in [-0.1, -0.05) is 22.0 Å². The summed E-state index contributed by atoms with van der Waals surface area (Å²) in [4.78, 5) is 11.5. The van der Waals surface area contributed by atoms with Crippen molar-refractivity contribution in [3.63, 3.8) is 0 Å². The number of benzene rings is 1. The first-order chi connectivity index (χ1) is 7.58. The Hall–Kier alpha value is -1.34. The number of aryl methyl sites for hydroxylation is 1. The average molecular weight is 282 g/mol. The third-order valence-electron chi connectivity index (χ3n) is 2.05. The van der Waals surface area contributed by atoms with Crippen LogP contribution in [0.5, 0.6) is 0 Å². The van der Waals surface area contributed by atoms with Crippen molar-refractivity contribution in [3.05, 3.63) is 33.8 Å². The topological polar surface area (TPSA) is 50.1 Å². The van der Waals surface area contributed by atoms with E-state index in [9.17, 15) is 4.79 Å². The Bertz CT molecular complexity index is 417. The van der Waals surface area contributed by atoms with Gasteiger partial charge < -0.3 is 4.74 Å². The van der Waals surface area contributed by atoms with Crippen LogP contribution >= 0.6 is 15.9 Å². The summed E-state index contributed by atoms with van der Waals surface area (Å²) in [5, 5.41) is 8.99. The van der Waals surface area contributed by atoms with Crippen molar-refractivity contribution in [2.75, 3.05) is 6.61 Å². The lowest BCUT2D eigenvalue weighted by Gasteiger charge is -2.09. The lowest BCUT2D eigenvalue weighted by Crippen LogP contribution is -2.14. The molecule has 0 aromatic heterocycles. The van der Waals surface area contributed by atoms with E-state index < -0.39 is 11.9 Å². The minimum absolute atomic E-state index is 0.282. The molecule has 0 bridgehead atoms. The minimum Gasteiger partial charge on any atom is -0.465 e. The summed E-state index contributed by atoms with van der Waals surface area (Å²) >= 11 is 3.34. The van der Waals surface area contributed by atoms with Crippen molar-refractivity contribution < 1.29 is 9.53 Å². The molecule has 0 aliphatic rings. The van der Waals surface area contributed by atoms with E-state index in [0.717, 1.165) is 10.0 Å². The number of nitriles is 1. The monoisotopic (exact) mass is 281 g/mol. The van der Waals surface area contributed by atoms with Gasteiger partial charge in [-0.25, -0.2) is 0 Å². The quantitative estimate of drug-likeness (QED) is 0.801. The molecule has 84 valence electrons. The van der Waals surface area contributed by atoms with Crippen LogP contribution in [0.4, 0.5) is 0 Å². The molecule has 1 aromatic rings. The van der Waals surface area contributed by atoms with Crippen LogP contribution in [0.25, 0.3) is 0 Å². The van der Waals surface area contributed by atoms with Crippen LogP contribution < -0.4 is 0 Å². The Morgan fingerprint density at radius 1 is 1.56 bits per heavy atom. The Morgan fingerprint density at radius 2 is 2.25 bits per heavy atom. The number of halogens is 1. The van der Waals surface area contributed by atoms with Gasteiger partial charge in [0.05, 0.1) is 12.7 Å². The second-order valence-electron chi connectivity index (χ2n) is 3.38. The van der Waals surface area contributed by atoms with E-state index in [0.29, 0.717) is 5.56 Å². The van der Waals surface area contributed by atoms with Crippen molar-refractivity contribution in [2.45, 2.75) is 19.8 Å². The number of hydrogen-bond acceptors (Lipinski definition) is 3. The van der Waals surface area contributed by atoms with Crippen molar-refractivity contribution in [3.8, 4) is 6.07 Å². The third-order valence-corrected chi connectivity index (χ3v) is 2.51. The largest absolute Gasteiger partial charge is 0.465 e. The highest BCUT2D eigenvalue weighted by atomic mass is 79.9. The lowest BCUT2D eigenvalue weighted by molar-refractivity contribution is -0.143. The van der Waals surface area contributed by atoms with Gasteiger partial charge in [0.25, 0.3) is 0 Å². The van der Waals surface area contributed by atoms with Crippen LogP contribution in [-0.2, 0) is 9.53 Å². The summed E-state index contributed by atoms with van der Waals surface area (Å²) in [7, 11) is 0. The first kappa shape index (κ1) is 12.7. The fraction of sp³-hybridized carbons (Fsp3) is 0.333. The standard InChI is InChI=1S/C12H12BrNO2/c1-3-16-12(15)11(7-14)9-4-8(2)5-10(13)6-9/h4-6,11H,3H2,1-2H3. The van der Waals surface area contributed by atoms with Crippen LogP contribution in [-0.4, -0.2) is 12.6 Å². The molecular formula is C12H12BrNO2. The highest BCUT2D eigenvalue weighted by Gasteiger charge is 2.21. The maximum Gasteiger partial charge on any atom is 0.327 e. The van der Waals surface area contributed by atoms with Gasteiger partial charge in [0, 0.05) is 4.47 Å². The molecule has 1 unspecified atom stereocenters. The zero-order valence-electron chi connectivity index (χ0n) is 9.16. The number of carbonyl (C=O) groups excluding carboxylic acids is 1. The van der Waals surface area contributed by atoms with Crippen molar-refractivity contribution >= 4 is 21.9 Å². The molecule has 3 nitrogen and oxygen atoms in total. The van der Waals surface area contributed by atoms with E-state index in [-0.39, 0.29) is 6.61 Å². The SMILES string of the molecule is CCOC(=O)C(C#N)c1cc(C)cc(Br)c1. The molecule has 0 radical (unpaired) electrons. The molecule has 4 heteroatoms. The number of esters is 1. The summed E-state index contributed by atoms with van der Waals surface area (Å²) in [6.07, 6.45) is 0. The van der Waals surface area contributed by atoms with E-state index >= 15 is 0 Å². The second kappa shape index (κ2) is 5.66. The van der Waals surface area contributed by atoms with E-state index in [1.165, 1.54) is 0 Å². The van der Waals surface area contributed by atoms with E-state index in [1.54, 1.807) is 13.0 Å². The van der Waals surface area contributed by atoms with Crippen molar-refractivity contribution in [2.24, 2.45) is 0 Å². The molecule has 0 saturated carbocycles. The number of hydrogen-bond donors (Lipinski definition) is 0. The summed E-state index contributed by atoms with van der Waals surface area (Å²) in [5.41, 5.74) is 1.65. The number of nitrogens with zero attached hydrogens (tertiary/aromatic N) is 1. The maximum absolute atomic E-state index is 11.5. The van der Waals surface area contributed by atoms with Gasteiger partial charge in [-0.2, -0.15) is 5.26 Å². The molecule has 1 rings (SSSR count). The molecule has 0 amide bonds. The van der Waals surface area contributed by atoms with Gasteiger partial charge in [0.1, 0.15) is 0 Å². The van der Waals surface area contributed by atoms with Gasteiger partial charge in [-0.3, -0.25) is 4.79 Å². The van der Waals surface area contributed by atoms with E-state index in [2.05, 4.69) is 15.9 Å². The molecule has 0 heterocycles. The number of ether oxygens (including phenoxy) is 1.